The Morgan fingerprint density at radius 2 is 2.44 bits per heavy atom. The van der Waals surface area contributed by atoms with Crippen molar-refractivity contribution in [1.29, 1.82) is 0 Å². The van der Waals surface area contributed by atoms with Crippen LogP contribution < -0.4 is 5.32 Å². The zero-order valence-corrected chi connectivity index (χ0v) is 11.4. The predicted molar refractivity (Wildman–Crippen MR) is 71.6 cm³/mol. The molecule has 1 atom stereocenters. The van der Waals surface area contributed by atoms with Gasteiger partial charge in [-0.05, 0) is 12.6 Å². The van der Waals surface area contributed by atoms with Crippen molar-refractivity contribution in [2.45, 2.75) is 19.4 Å². The van der Waals surface area contributed by atoms with Crippen LogP contribution in [0.4, 0.5) is 0 Å². The molecule has 0 amide bonds. The van der Waals surface area contributed by atoms with Gasteiger partial charge in [0.1, 0.15) is 0 Å². The Morgan fingerprint density at radius 3 is 3.17 bits per heavy atom. The predicted octanol–water partition coefficient (Wildman–Crippen LogP) is 0.273. The van der Waals surface area contributed by atoms with Gasteiger partial charge >= 0.3 is 0 Å². The Morgan fingerprint density at radius 1 is 1.56 bits per heavy atom. The van der Waals surface area contributed by atoms with Crippen LogP contribution in [0.1, 0.15) is 12.6 Å². The number of ether oxygens (including phenoxy) is 1. The zero-order chi connectivity index (χ0) is 12.8. The molecule has 1 aliphatic rings. The van der Waals surface area contributed by atoms with Crippen molar-refractivity contribution in [3.05, 3.63) is 18.0 Å². The molecule has 0 aromatic carbocycles. The van der Waals surface area contributed by atoms with Gasteiger partial charge < -0.3 is 10.1 Å². The first-order valence-electron chi connectivity index (χ1n) is 6.81. The Bertz CT molecular complexity index is 353. The second kappa shape index (κ2) is 6.87. The van der Waals surface area contributed by atoms with Crippen LogP contribution >= 0.6 is 0 Å². The lowest BCUT2D eigenvalue weighted by molar-refractivity contribution is -0.0251. The molecule has 102 valence electrons. The number of aromatic nitrogens is 2. The molecule has 1 saturated heterocycles. The number of hydrogen-bond donors (Lipinski definition) is 1. The summed E-state index contributed by atoms with van der Waals surface area (Å²) in [6.07, 6.45) is 3.20. The lowest BCUT2D eigenvalue weighted by Gasteiger charge is -2.32. The topological polar surface area (TPSA) is 42.3 Å². The van der Waals surface area contributed by atoms with E-state index >= 15 is 0 Å². The summed E-state index contributed by atoms with van der Waals surface area (Å²) in [7, 11) is 1.98. The minimum Gasteiger partial charge on any atom is -0.374 e. The minimum atomic E-state index is 0.338. The van der Waals surface area contributed by atoms with Gasteiger partial charge in [-0.2, -0.15) is 5.10 Å². The molecule has 1 fully saturated rings. The highest BCUT2D eigenvalue weighted by molar-refractivity contribution is 5.00. The number of nitrogens with zero attached hydrogens (tertiary/aromatic N) is 3. The van der Waals surface area contributed by atoms with Gasteiger partial charge in [-0.3, -0.25) is 9.58 Å². The van der Waals surface area contributed by atoms with Gasteiger partial charge in [0.25, 0.3) is 0 Å². The van der Waals surface area contributed by atoms with Crippen molar-refractivity contribution < 1.29 is 4.74 Å². The van der Waals surface area contributed by atoms with Gasteiger partial charge in [0.2, 0.25) is 0 Å². The van der Waals surface area contributed by atoms with Crippen molar-refractivity contribution in [1.82, 2.24) is 20.0 Å². The average molecular weight is 252 g/mol. The number of likely N-dealkylation sites (N-methyl/N-ethyl adjacent to an activating group) is 1. The fraction of sp³-hybridized carbons (Fsp3) is 0.769. The van der Waals surface area contributed by atoms with Crippen LogP contribution in [-0.2, 0) is 18.2 Å². The van der Waals surface area contributed by atoms with E-state index in [2.05, 4.69) is 28.3 Å². The van der Waals surface area contributed by atoms with Gasteiger partial charge in [-0.25, -0.2) is 0 Å². The minimum absolute atomic E-state index is 0.338. The monoisotopic (exact) mass is 252 g/mol. The number of nitrogens with one attached hydrogen (secondary N) is 1. The number of rotatable bonds is 6. The van der Waals surface area contributed by atoms with E-state index in [4.69, 9.17) is 4.74 Å². The van der Waals surface area contributed by atoms with E-state index in [-0.39, 0.29) is 0 Å². The molecule has 5 nitrogen and oxygen atoms in total. The lowest BCUT2D eigenvalue weighted by atomic mass is 10.2. The maximum atomic E-state index is 5.75. The van der Waals surface area contributed by atoms with Crippen molar-refractivity contribution in [3.63, 3.8) is 0 Å². The second-order valence-electron chi connectivity index (χ2n) is 4.79. The van der Waals surface area contributed by atoms with E-state index < -0.39 is 0 Å². The molecular formula is C13H24N4O. The summed E-state index contributed by atoms with van der Waals surface area (Å²) in [5, 5.41) is 7.64. The molecule has 1 unspecified atom stereocenters. The third kappa shape index (κ3) is 3.80. The van der Waals surface area contributed by atoms with E-state index in [1.54, 1.807) is 0 Å². The van der Waals surface area contributed by atoms with Crippen molar-refractivity contribution >= 4 is 0 Å². The maximum Gasteiger partial charge on any atom is 0.0826 e. The molecule has 0 radical (unpaired) electrons. The summed E-state index contributed by atoms with van der Waals surface area (Å²) in [5.74, 6) is 0. The highest BCUT2D eigenvalue weighted by Crippen LogP contribution is 2.03. The summed E-state index contributed by atoms with van der Waals surface area (Å²) in [4.78, 5) is 2.44. The fourth-order valence-electron chi connectivity index (χ4n) is 2.32. The highest BCUT2D eigenvalue weighted by atomic mass is 16.5. The smallest absolute Gasteiger partial charge is 0.0826 e. The molecule has 1 aromatic rings. The van der Waals surface area contributed by atoms with E-state index in [9.17, 15) is 0 Å². The first-order valence-corrected chi connectivity index (χ1v) is 6.81. The Kier molecular flexibility index (Phi) is 5.16. The molecule has 18 heavy (non-hydrogen) atoms. The van der Waals surface area contributed by atoms with Gasteiger partial charge in [-0.1, -0.05) is 6.92 Å². The Hall–Kier alpha value is -0.910. The van der Waals surface area contributed by atoms with Gasteiger partial charge in [0.05, 0.1) is 12.7 Å². The molecule has 1 aliphatic heterocycles. The number of aryl methyl sites for hydroxylation is 1. The van der Waals surface area contributed by atoms with Crippen molar-refractivity contribution in [2.75, 3.05) is 39.3 Å². The molecule has 0 aliphatic carbocycles. The van der Waals surface area contributed by atoms with Gasteiger partial charge in [-0.15, -0.1) is 0 Å². The van der Waals surface area contributed by atoms with E-state index in [1.165, 1.54) is 5.69 Å². The van der Waals surface area contributed by atoms with Gasteiger partial charge in [0.15, 0.2) is 0 Å². The van der Waals surface area contributed by atoms with Crippen molar-refractivity contribution in [2.24, 2.45) is 7.05 Å². The lowest BCUT2D eigenvalue weighted by Crippen LogP contribution is -2.46. The quantitative estimate of drug-likeness (QED) is 0.738. The Balaban J connectivity index is 1.62. The summed E-state index contributed by atoms with van der Waals surface area (Å²) >= 11 is 0. The van der Waals surface area contributed by atoms with Crippen LogP contribution in [0.15, 0.2) is 12.3 Å². The standard InChI is InChI=1S/C13H24N4O/c1-3-17-8-9-18-13(11-17)10-14-6-4-12-5-7-15-16(12)2/h5,7,13-14H,3-4,6,8-11H2,1-2H3. The number of morpholine rings is 1. The summed E-state index contributed by atoms with van der Waals surface area (Å²) in [5.41, 5.74) is 1.27. The van der Waals surface area contributed by atoms with Crippen LogP contribution in [0.3, 0.4) is 0 Å². The molecule has 2 rings (SSSR count). The molecular weight excluding hydrogens is 228 g/mol. The molecule has 0 spiro atoms. The molecule has 5 heteroatoms. The fourth-order valence-corrected chi connectivity index (χ4v) is 2.32. The van der Waals surface area contributed by atoms with E-state index in [0.29, 0.717) is 6.10 Å². The summed E-state index contributed by atoms with van der Waals surface area (Å²) < 4.78 is 7.68. The molecule has 0 saturated carbocycles. The summed E-state index contributed by atoms with van der Waals surface area (Å²) in [6, 6.07) is 2.07. The van der Waals surface area contributed by atoms with Crippen LogP contribution in [-0.4, -0.2) is 60.1 Å². The average Bonchev–Trinajstić information content (AvgIpc) is 2.81. The maximum absolute atomic E-state index is 5.75. The van der Waals surface area contributed by atoms with Crippen LogP contribution in [0.5, 0.6) is 0 Å². The van der Waals surface area contributed by atoms with Crippen molar-refractivity contribution in [3.8, 4) is 0 Å². The highest BCUT2D eigenvalue weighted by Gasteiger charge is 2.18. The van der Waals surface area contributed by atoms with E-state index in [1.807, 2.05) is 17.9 Å². The largest absolute Gasteiger partial charge is 0.374 e. The van der Waals surface area contributed by atoms with Crippen LogP contribution in [0.2, 0.25) is 0 Å². The molecule has 2 heterocycles. The molecule has 0 bridgehead atoms. The third-order valence-corrected chi connectivity index (χ3v) is 3.52. The third-order valence-electron chi connectivity index (χ3n) is 3.52. The second-order valence-corrected chi connectivity index (χ2v) is 4.79. The SMILES string of the molecule is CCN1CCOC(CNCCc2ccnn2C)C1. The van der Waals surface area contributed by atoms with Gasteiger partial charge in [0, 0.05) is 51.5 Å². The Labute approximate surface area is 109 Å². The summed E-state index contributed by atoms with van der Waals surface area (Å²) in [6.45, 7) is 8.23. The molecule has 1 aromatic heterocycles. The first-order chi connectivity index (χ1) is 8.79. The first kappa shape index (κ1) is 13.5. The number of hydrogen-bond acceptors (Lipinski definition) is 4. The normalized spacial score (nSPS) is 21.3. The zero-order valence-electron chi connectivity index (χ0n) is 11.4. The van der Waals surface area contributed by atoms with Crippen LogP contribution in [0.25, 0.3) is 0 Å². The molecule has 1 N–H and O–H groups in total. The van der Waals surface area contributed by atoms with E-state index in [0.717, 1.165) is 45.8 Å². The van der Waals surface area contributed by atoms with Crippen LogP contribution in [0, 0.1) is 0 Å².